The predicted molar refractivity (Wildman–Crippen MR) is 106 cm³/mol. The number of ether oxygens (including phenoxy) is 1. The molecule has 0 aliphatic carbocycles. The molecule has 148 valence electrons. The molecule has 4 N–H and O–H groups in total. The van der Waals surface area contributed by atoms with Crippen molar-refractivity contribution in [1.82, 2.24) is 14.9 Å². The van der Waals surface area contributed by atoms with E-state index in [-0.39, 0.29) is 24.2 Å². The number of carboxylic acid groups (broad SMARTS) is 1. The van der Waals surface area contributed by atoms with Gasteiger partial charge in [0.25, 0.3) is 0 Å². The monoisotopic (exact) mass is 383 g/mol. The first-order chi connectivity index (χ1) is 13.3. The second-order valence-corrected chi connectivity index (χ2v) is 7.20. The number of nitrogens with two attached hydrogens (primary N) is 1. The van der Waals surface area contributed by atoms with Gasteiger partial charge in [-0.15, -0.1) is 0 Å². The van der Waals surface area contributed by atoms with Crippen LogP contribution in [0.2, 0.25) is 0 Å². The maximum Gasteiger partial charge on any atom is 0.304 e. The molecule has 3 rings (SSSR count). The van der Waals surface area contributed by atoms with Crippen LogP contribution in [0.1, 0.15) is 43.3 Å². The summed E-state index contributed by atoms with van der Waals surface area (Å²) in [6, 6.07) is 7.09. The van der Waals surface area contributed by atoms with Crippen LogP contribution >= 0.6 is 0 Å². The Morgan fingerprint density at radius 2 is 2.14 bits per heavy atom. The lowest BCUT2D eigenvalue weighted by atomic mass is 9.95. The van der Waals surface area contributed by atoms with Gasteiger partial charge in [-0.05, 0) is 38.1 Å². The smallest absolute Gasteiger partial charge is 0.304 e. The van der Waals surface area contributed by atoms with E-state index >= 15 is 0 Å². The number of nitrogens with one attached hydrogen (secondary N) is 1. The highest BCUT2D eigenvalue weighted by Gasteiger charge is 2.29. The van der Waals surface area contributed by atoms with Crippen molar-refractivity contribution in [3.63, 3.8) is 0 Å². The van der Waals surface area contributed by atoms with E-state index in [2.05, 4.69) is 14.9 Å². The summed E-state index contributed by atoms with van der Waals surface area (Å²) in [5.41, 5.74) is 8.07. The van der Waals surface area contributed by atoms with Crippen LogP contribution in [0.5, 0.6) is 5.75 Å². The first-order valence-electron chi connectivity index (χ1n) is 9.26. The molecule has 1 aliphatic heterocycles. The number of nitrogens with zero attached hydrogens (tertiary/aromatic N) is 3. The van der Waals surface area contributed by atoms with Crippen molar-refractivity contribution in [3.8, 4) is 5.75 Å². The van der Waals surface area contributed by atoms with E-state index in [1.165, 1.54) is 0 Å². The number of aliphatic carboxylic acids is 1. The van der Waals surface area contributed by atoms with E-state index < -0.39 is 5.97 Å². The Balaban J connectivity index is 1.72. The average molecular weight is 383 g/mol. The summed E-state index contributed by atoms with van der Waals surface area (Å²) in [7, 11) is 0. The van der Waals surface area contributed by atoms with Gasteiger partial charge in [-0.1, -0.05) is 0 Å². The zero-order valence-corrected chi connectivity index (χ0v) is 16.1. The van der Waals surface area contributed by atoms with Crippen molar-refractivity contribution >= 4 is 17.4 Å². The lowest BCUT2D eigenvalue weighted by Gasteiger charge is -2.38. The van der Waals surface area contributed by atoms with Gasteiger partial charge in [-0.25, -0.2) is 9.97 Å². The van der Waals surface area contributed by atoms with Crippen molar-refractivity contribution in [1.29, 1.82) is 5.41 Å². The highest BCUT2D eigenvalue weighted by molar-refractivity contribution is 6.11. The number of benzene rings is 1. The van der Waals surface area contributed by atoms with Gasteiger partial charge in [-0.3, -0.25) is 10.2 Å². The number of carboxylic acids is 1. The summed E-state index contributed by atoms with van der Waals surface area (Å²) in [4.78, 5) is 21.6. The summed E-state index contributed by atoms with van der Waals surface area (Å²) < 4.78 is 5.70. The Kier molecular flexibility index (Phi) is 5.89. The molecule has 1 fully saturated rings. The van der Waals surface area contributed by atoms with Crippen LogP contribution in [-0.4, -0.2) is 57.4 Å². The number of likely N-dealkylation sites (tertiary alicyclic amines) is 1. The lowest BCUT2D eigenvalue weighted by molar-refractivity contribution is -0.137. The second kappa shape index (κ2) is 8.35. The molecule has 1 aromatic carbocycles. The Morgan fingerprint density at radius 3 is 2.82 bits per heavy atom. The van der Waals surface area contributed by atoms with Crippen molar-refractivity contribution < 1.29 is 14.6 Å². The quantitative estimate of drug-likeness (QED) is 0.471. The molecule has 0 radical (unpaired) electrons. The summed E-state index contributed by atoms with van der Waals surface area (Å²) >= 11 is 0. The van der Waals surface area contributed by atoms with Crippen LogP contribution in [0.25, 0.3) is 0 Å². The van der Waals surface area contributed by atoms with Gasteiger partial charge in [0.1, 0.15) is 11.5 Å². The summed E-state index contributed by atoms with van der Waals surface area (Å²) in [5.74, 6) is 0.391. The van der Waals surface area contributed by atoms with Gasteiger partial charge < -0.3 is 20.5 Å². The third-order valence-corrected chi connectivity index (χ3v) is 4.58. The van der Waals surface area contributed by atoms with Crippen molar-refractivity contribution in [2.24, 2.45) is 0 Å². The van der Waals surface area contributed by atoms with E-state index in [9.17, 15) is 4.79 Å². The molecule has 0 spiro atoms. The van der Waals surface area contributed by atoms with Crippen molar-refractivity contribution in [2.75, 3.05) is 25.4 Å². The van der Waals surface area contributed by atoms with Crippen molar-refractivity contribution in [2.45, 2.75) is 32.3 Å². The van der Waals surface area contributed by atoms with Crippen molar-refractivity contribution in [3.05, 3.63) is 47.5 Å². The van der Waals surface area contributed by atoms with E-state index in [0.717, 1.165) is 18.8 Å². The van der Waals surface area contributed by atoms with Crippen LogP contribution in [0.15, 0.2) is 30.5 Å². The third kappa shape index (κ3) is 4.64. The molecule has 0 amide bonds. The maximum absolute atomic E-state index is 10.7. The number of nitrogen functional groups attached to an aromatic ring is 1. The Bertz CT molecular complexity index is 878. The normalized spacial score (nSPS) is 14.7. The molecule has 2 heterocycles. The van der Waals surface area contributed by atoms with E-state index in [4.69, 9.17) is 21.0 Å². The Labute approximate surface area is 163 Å². The fraction of sp³-hybridized carbons (Fsp3) is 0.400. The molecular formula is C20H25N5O3. The Hall–Kier alpha value is -3.00. The molecule has 8 heteroatoms. The number of anilines is 1. The lowest BCUT2D eigenvalue weighted by Crippen LogP contribution is -2.46. The zero-order valence-electron chi connectivity index (χ0n) is 16.1. The number of hydrogen-bond acceptors (Lipinski definition) is 7. The highest BCUT2D eigenvalue weighted by atomic mass is 16.5. The zero-order chi connectivity index (χ0) is 20.3. The first-order valence-corrected chi connectivity index (χ1v) is 9.26. The molecule has 1 saturated heterocycles. The fourth-order valence-electron chi connectivity index (χ4n) is 3.13. The summed E-state index contributed by atoms with van der Waals surface area (Å²) in [6.45, 7) is 5.94. The molecule has 8 nitrogen and oxygen atoms in total. The SMILES string of the molecule is CC(C)Oc1ccc(N)c(C(=N)c2nccc(C3CN(CCC(=O)O)C3)n2)c1. The molecule has 0 unspecified atom stereocenters. The van der Waals surface area contributed by atoms with Crippen LogP contribution in [0.3, 0.4) is 0 Å². The minimum absolute atomic E-state index is 0.0212. The summed E-state index contributed by atoms with van der Waals surface area (Å²) in [5, 5.41) is 17.3. The third-order valence-electron chi connectivity index (χ3n) is 4.58. The molecule has 0 atom stereocenters. The molecule has 1 aromatic heterocycles. The van der Waals surface area contributed by atoms with Crippen LogP contribution < -0.4 is 10.5 Å². The van der Waals surface area contributed by atoms with E-state index in [1.54, 1.807) is 24.4 Å². The number of carbonyl (C=O) groups is 1. The van der Waals surface area contributed by atoms with Crippen LogP contribution in [-0.2, 0) is 4.79 Å². The maximum atomic E-state index is 10.7. The van der Waals surface area contributed by atoms with Gasteiger partial charge in [-0.2, -0.15) is 0 Å². The minimum atomic E-state index is -0.789. The average Bonchev–Trinajstić information content (AvgIpc) is 2.61. The van der Waals surface area contributed by atoms with E-state index in [0.29, 0.717) is 29.4 Å². The van der Waals surface area contributed by atoms with Crippen LogP contribution in [0.4, 0.5) is 5.69 Å². The van der Waals surface area contributed by atoms with Gasteiger partial charge in [0.2, 0.25) is 0 Å². The number of aromatic nitrogens is 2. The largest absolute Gasteiger partial charge is 0.491 e. The van der Waals surface area contributed by atoms with Gasteiger partial charge in [0, 0.05) is 43.0 Å². The first kappa shape index (κ1) is 19.8. The van der Waals surface area contributed by atoms with E-state index in [1.807, 2.05) is 19.9 Å². The predicted octanol–water partition coefficient (Wildman–Crippen LogP) is 2.14. The molecular weight excluding hydrogens is 358 g/mol. The molecule has 2 aromatic rings. The minimum Gasteiger partial charge on any atom is -0.491 e. The number of hydrogen-bond donors (Lipinski definition) is 3. The molecule has 28 heavy (non-hydrogen) atoms. The standard InChI is InChI=1S/C20H25N5O3/c1-12(2)28-14-3-4-16(21)15(9-14)19(22)20-23-7-5-17(24-20)13-10-25(11-13)8-6-18(26)27/h3-5,7,9,12-13,22H,6,8,10-11,21H2,1-2H3,(H,26,27). The molecule has 0 saturated carbocycles. The topological polar surface area (TPSA) is 125 Å². The highest BCUT2D eigenvalue weighted by Crippen LogP contribution is 2.27. The summed E-state index contributed by atoms with van der Waals surface area (Å²) in [6.07, 6.45) is 1.81. The fourth-order valence-corrected chi connectivity index (χ4v) is 3.13. The molecule has 0 bridgehead atoms. The van der Waals surface area contributed by atoms with Crippen LogP contribution in [0, 0.1) is 5.41 Å². The second-order valence-electron chi connectivity index (χ2n) is 7.20. The molecule has 1 aliphatic rings. The van der Waals surface area contributed by atoms with Gasteiger partial charge in [0.05, 0.1) is 18.2 Å². The van der Waals surface area contributed by atoms with Gasteiger partial charge in [0.15, 0.2) is 5.82 Å². The Morgan fingerprint density at radius 1 is 1.39 bits per heavy atom. The van der Waals surface area contributed by atoms with Gasteiger partial charge >= 0.3 is 5.97 Å². The number of rotatable bonds is 8.